The lowest BCUT2D eigenvalue weighted by Crippen LogP contribution is -2.04. The normalized spacial score (nSPS) is 10.2. The Morgan fingerprint density at radius 3 is 2.92 bits per heavy atom. The first-order valence-electron chi connectivity index (χ1n) is 4.49. The molecule has 0 bridgehead atoms. The Labute approximate surface area is 78.7 Å². The van der Waals surface area contributed by atoms with Crippen LogP contribution in [0.2, 0.25) is 0 Å². The Bertz CT molecular complexity index is 213. The number of rotatable bonds is 6. The zero-order valence-electron chi connectivity index (χ0n) is 7.90. The molecule has 0 aliphatic carbocycles. The first kappa shape index (κ1) is 10.2. The Hall–Kier alpha value is -0.930. The summed E-state index contributed by atoms with van der Waals surface area (Å²) in [6.07, 6.45) is 2.63. The van der Waals surface area contributed by atoms with Gasteiger partial charge in [-0.3, -0.25) is 4.98 Å². The van der Waals surface area contributed by atoms with Gasteiger partial charge in [-0.2, -0.15) is 0 Å². The van der Waals surface area contributed by atoms with E-state index in [1.54, 1.807) is 6.20 Å². The maximum Gasteiger partial charge on any atom is 0.146 e. The monoisotopic (exact) mass is 181 g/mol. The van der Waals surface area contributed by atoms with Crippen molar-refractivity contribution in [1.29, 1.82) is 0 Å². The van der Waals surface area contributed by atoms with Crippen LogP contribution in [0.1, 0.15) is 12.6 Å². The predicted molar refractivity (Wildman–Crippen MR) is 50.4 cm³/mol. The molecular formula is C10H15NO2. The summed E-state index contributed by atoms with van der Waals surface area (Å²) in [4.78, 5) is 4.18. The molecule has 0 radical (unpaired) electrons. The van der Waals surface area contributed by atoms with Gasteiger partial charge in [0.25, 0.3) is 0 Å². The molecule has 1 rings (SSSR count). The van der Waals surface area contributed by atoms with E-state index in [9.17, 15) is 0 Å². The van der Waals surface area contributed by atoms with Gasteiger partial charge in [-0.15, -0.1) is 0 Å². The quantitative estimate of drug-likeness (QED) is 0.494. The molecule has 1 aromatic rings. The summed E-state index contributed by atoms with van der Waals surface area (Å²) < 4.78 is 10.2. The van der Waals surface area contributed by atoms with E-state index in [4.69, 9.17) is 9.47 Å². The molecule has 0 N–H and O–H groups in total. The van der Waals surface area contributed by atoms with E-state index in [1.807, 2.05) is 25.1 Å². The summed E-state index contributed by atoms with van der Waals surface area (Å²) in [5, 5.41) is 0. The summed E-state index contributed by atoms with van der Waals surface area (Å²) in [6.45, 7) is 3.69. The van der Waals surface area contributed by atoms with Crippen LogP contribution < -0.4 is 0 Å². The number of aromatic nitrogens is 1. The van der Waals surface area contributed by atoms with E-state index in [0.717, 1.165) is 12.1 Å². The molecule has 0 saturated heterocycles. The SMILES string of the molecule is CCOCOCCc1ccccn1. The number of ether oxygens (including phenoxy) is 2. The van der Waals surface area contributed by atoms with Gasteiger partial charge in [-0.25, -0.2) is 0 Å². The minimum absolute atomic E-state index is 0.378. The molecule has 0 amide bonds. The third-order valence-electron chi connectivity index (χ3n) is 1.60. The van der Waals surface area contributed by atoms with Gasteiger partial charge in [0.2, 0.25) is 0 Å². The Balaban J connectivity index is 2.07. The van der Waals surface area contributed by atoms with Crippen LogP contribution in [0.15, 0.2) is 24.4 Å². The van der Waals surface area contributed by atoms with Crippen LogP contribution in [0.5, 0.6) is 0 Å². The fraction of sp³-hybridized carbons (Fsp3) is 0.500. The molecule has 0 fully saturated rings. The molecule has 0 aliphatic heterocycles. The van der Waals surface area contributed by atoms with Crippen molar-refractivity contribution in [1.82, 2.24) is 4.98 Å². The highest BCUT2D eigenvalue weighted by molar-refractivity contribution is 5.03. The molecule has 3 nitrogen and oxygen atoms in total. The molecule has 0 spiro atoms. The molecule has 0 aliphatic rings. The van der Waals surface area contributed by atoms with Gasteiger partial charge < -0.3 is 9.47 Å². The van der Waals surface area contributed by atoms with Gasteiger partial charge in [0.05, 0.1) is 6.61 Å². The number of hydrogen-bond donors (Lipinski definition) is 0. The zero-order chi connectivity index (χ0) is 9.36. The van der Waals surface area contributed by atoms with Crippen LogP contribution in [0, 0.1) is 0 Å². The minimum atomic E-state index is 0.378. The second kappa shape index (κ2) is 6.57. The molecule has 13 heavy (non-hydrogen) atoms. The molecule has 3 heteroatoms. The first-order chi connectivity index (χ1) is 6.43. The molecule has 1 aromatic heterocycles. The van der Waals surface area contributed by atoms with Gasteiger partial charge in [0, 0.05) is 24.9 Å². The van der Waals surface area contributed by atoms with Gasteiger partial charge in [0.15, 0.2) is 0 Å². The van der Waals surface area contributed by atoms with E-state index in [2.05, 4.69) is 4.98 Å². The van der Waals surface area contributed by atoms with E-state index in [1.165, 1.54) is 0 Å². The van der Waals surface area contributed by atoms with Crippen molar-refractivity contribution in [3.05, 3.63) is 30.1 Å². The summed E-state index contributed by atoms with van der Waals surface area (Å²) in [7, 11) is 0. The van der Waals surface area contributed by atoms with E-state index >= 15 is 0 Å². The summed E-state index contributed by atoms with van der Waals surface area (Å²) >= 11 is 0. The maximum atomic E-state index is 5.22. The van der Waals surface area contributed by atoms with E-state index in [-0.39, 0.29) is 0 Å². The topological polar surface area (TPSA) is 31.4 Å². The second-order valence-electron chi connectivity index (χ2n) is 2.59. The van der Waals surface area contributed by atoms with Gasteiger partial charge in [-0.1, -0.05) is 6.07 Å². The van der Waals surface area contributed by atoms with Crippen molar-refractivity contribution in [3.8, 4) is 0 Å². The molecule has 0 atom stereocenters. The summed E-state index contributed by atoms with van der Waals surface area (Å²) in [6, 6.07) is 5.87. The van der Waals surface area contributed by atoms with E-state index in [0.29, 0.717) is 20.0 Å². The predicted octanol–water partition coefficient (Wildman–Crippen LogP) is 1.63. The highest BCUT2D eigenvalue weighted by Gasteiger charge is 1.92. The van der Waals surface area contributed by atoms with Crippen molar-refractivity contribution < 1.29 is 9.47 Å². The Morgan fingerprint density at radius 2 is 2.23 bits per heavy atom. The largest absolute Gasteiger partial charge is 0.356 e. The third-order valence-corrected chi connectivity index (χ3v) is 1.60. The molecule has 0 aromatic carbocycles. The fourth-order valence-electron chi connectivity index (χ4n) is 0.924. The van der Waals surface area contributed by atoms with Crippen molar-refractivity contribution in [3.63, 3.8) is 0 Å². The highest BCUT2D eigenvalue weighted by atomic mass is 16.7. The van der Waals surface area contributed by atoms with E-state index < -0.39 is 0 Å². The Kier molecular flexibility index (Phi) is 5.13. The van der Waals surface area contributed by atoms with Crippen molar-refractivity contribution in [2.45, 2.75) is 13.3 Å². The zero-order valence-corrected chi connectivity index (χ0v) is 7.90. The van der Waals surface area contributed by atoms with Crippen molar-refractivity contribution in [2.24, 2.45) is 0 Å². The molecule has 1 heterocycles. The average Bonchev–Trinajstić information content (AvgIpc) is 2.19. The van der Waals surface area contributed by atoms with Gasteiger partial charge >= 0.3 is 0 Å². The lowest BCUT2D eigenvalue weighted by atomic mass is 10.3. The van der Waals surface area contributed by atoms with Gasteiger partial charge in [-0.05, 0) is 19.1 Å². The molecular weight excluding hydrogens is 166 g/mol. The smallest absolute Gasteiger partial charge is 0.146 e. The van der Waals surface area contributed by atoms with Crippen LogP contribution in [-0.4, -0.2) is 25.0 Å². The maximum absolute atomic E-state index is 5.22. The average molecular weight is 181 g/mol. The van der Waals surface area contributed by atoms with Crippen LogP contribution >= 0.6 is 0 Å². The van der Waals surface area contributed by atoms with Crippen molar-refractivity contribution >= 4 is 0 Å². The van der Waals surface area contributed by atoms with Gasteiger partial charge in [0.1, 0.15) is 6.79 Å². The van der Waals surface area contributed by atoms with Crippen LogP contribution in [0.3, 0.4) is 0 Å². The second-order valence-corrected chi connectivity index (χ2v) is 2.59. The fourth-order valence-corrected chi connectivity index (χ4v) is 0.924. The van der Waals surface area contributed by atoms with Crippen molar-refractivity contribution in [2.75, 3.05) is 20.0 Å². The number of pyridine rings is 1. The summed E-state index contributed by atoms with van der Waals surface area (Å²) in [5.41, 5.74) is 1.05. The third kappa shape index (κ3) is 4.60. The Morgan fingerprint density at radius 1 is 1.31 bits per heavy atom. The minimum Gasteiger partial charge on any atom is -0.356 e. The lowest BCUT2D eigenvalue weighted by Gasteiger charge is -2.02. The molecule has 72 valence electrons. The van der Waals surface area contributed by atoms with Crippen LogP contribution in [0.25, 0.3) is 0 Å². The highest BCUT2D eigenvalue weighted by Crippen LogP contribution is 1.94. The first-order valence-corrected chi connectivity index (χ1v) is 4.49. The molecule has 0 saturated carbocycles. The van der Waals surface area contributed by atoms with Crippen LogP contribution in [0.4, 0.5) is 0 Å². The number of hydrogen-bond acceptors (Lipinski definition) is 3. The number of nitrogens with zero attached hydrogens (tertiary/aromatic N) is 1. The lowest BCUT2D eigenvalue weighted by molar-refractivity contribution is -0.0482. The standard InChI is InChI=1S/C10H15NO2/c1-2-12-9-13-8-6-10-5-3-4-7-11-10/h3-5,7H,2,6,8-9H2,1H3. The summed E-state index contributed by atoms with van der Waals surface area (Å²) in [5.74, 6) is 0. The van der Waals surface area contributed by atoms with Crippen LogP contribution in [-0.2, 0) is 15.9 Å². The molecule has 0 unspecified atom stereocenters.